The van der Waals surface area contributed by atoms with Crippen LogP contribution in [0, 0.1) is 0 Å². The third-order valence-corrected chi connectivity index (χ3v) is 10.2. The zero-order valence-electron chi connectivity index (χ0n) is 39.9. The fraction of sp³-hybridized carbons (Fsp3) is 0.545. The number of nitrogens with two attached hydrogens (primary N) is 1. The van der Waals surface area contributed by atoms with Gasteiger partial charge in [-0.1, -0.05) is 179 Å². The molecule has 0 bridgehead atoms. The lowest BCUT2D eigenvalue weighted by atomic mass is 10.1. The summed E-state index contributed by atoms with van der Waals surface area (Å²) in [5, 5.41) is 0. The molecular weight excluding hydrogens is 818 g/mol. The van der Waals surface area contributed by atoms with Crippen LogP contribution >= 0.6 is 7.82 Å². The van der Waals surface area contributed by atoms with Crippen molar-refractivity contribution in [1.29, 1.82) is 0 Å². The zero-order chi connectivity index (χ0) is 46.5. The molecule has 0 aliphatic rings. The molecule has 0 rings (SSSR count). The number of carbonyl (C=O) groups is 1. The Morgan fingerprint density at radius 3 is 1.23 bits per heavy atom. The third-order valence-electron chi connectivity index (χ3n) is 9.25. The van der Waals surface area contributed by atoms with E-state index in [-0.39, 0.29) is 38.8 Å². The Bertz CT molecular complexity index is 1480. The van der Waals surface area contributed by atoms with Gasteiger partial charge in [-0.05, 0) is 116 Å². The summed E-state index contributed by atoms with van der Waals surface area (Å²) in [4.78, 5) is 22.6. The quantitative estimate of drug-likeness (QED) is 0.0269. The maximum atomic E-state index is 12.6. The average Bonchev–Trinajstić information content (AvgIpc) is 3.29. The topological polar surface area (TPSA) is 117 Å². The van der Waals surface area contributed by atoms with Crippen LogP contribution in [-0.2, 0) is 27.9 Å². The lowest BCUT2D eigenvalue weighted by molar-refractivity contribution is -0.154. The van der Waals surface area contributed by atoms with Gasteiger partial charge >= 0.3 is 13.8 Å². The Labute approximate surface area is 390 Å². The minimum absolute atomic E-state index is 0.0664. The van der Waals surface area contributed by atoms with Crippen LogP contribution in [-0.4, -0.2) is 49.9 Å². The molecule has 0 fully saturated rings. The van der Waals surface area contributed by atoms with Crippen LogP contribution in [0.4, 0.5) is 0 Å². The second-order valence-electron chi connectivity index (χ2n) is 15.2. The second kappa shape index (κ2) is 50.4. The van der Waals surface area contributed by atoms with Gasteiger partial charge in [-0.25, -0.2) is 4.57 Å². The minimum atomic E-state index is -4.31. The van der Waals surface area contributed by atoms with E-state index in [0.717, 1.165) is 135 Å². The summed E-state index contributed by atoms with van der Waals surface area (Å²) in [6, 6.07) is 0. The number of allylic oxidation sites excluding steroid dienone is 24. The summed E-state index contributed by atoms with van der Waals surface area (Å²) in [5.74, 6) is -0.372. The molecule has 2 unspecified atom stereocenters. The molecule has 2 atom stereocenters. The Hall–Kier alpha value is -3.62. The summed E-state index contributed by atoms with van der Waals surface area (Å²) in [5.41, 5.74) is 5.38. The monoisotopic (exact) mass is 906 g/mol. The van der Waals surface area contributed by atoms with Gasteiger partial charge in [0.05, 0.1) is 19.8 Å². The first-order valence-electron chi connectivity index (χ1n) is 24.3. The average molecular weight is 906 g/mol. The van der Waals surface area contributed by atoms with Crippen molar-refractivity contribution < 1.29 is 32.8 Å². The SMILES string of the molecule is CC/C=C\C/C=C\C/C=C\C/C=C\C/C=C\C/C=C\C/C=C\CCCCOCC(COP(=O)(O)OCCN)OC(=O)CCCCCCC/C=C\C/C=C\C/C=C\C/C=C\C/C=C\CC. The normalized spacial score (nSPS) is 14.6. The van der Waals surface area contributed by atoms with Gasteiger partial charge < -0.3 is 20.1 Å². The number of carbonyl (C=O) groups excluding carboxylic acids is 1. The van der Waals surface area contributed by atoms with Crippen molar-refractivity contribution in [3.05, 3.63) is 146 Å². The van der Waals surface area contributed by atoms with Gasteiger partial charge in [-0.3, -0.25) is 13.8 Å². The van der Waals surface area contributed by atoms with Crippen molar-refractivity contribution in [1.82, 2.24) is 0 Å². The number of esters is 1. The number of hydrogen-bond acceptors (Lipinski definition) is 7. The first-order valence-corrected chi connectivity index (χ1v) is 25.8. The van der Waals surface area contributed by atoms with Crippen LogP contribution in [0.3, 0.4) is 0 Å². The largest absolute Gasteiger partial charge is 0.472 e. The third kappa shape index (κ3) is 49.4. The molecule has 0 radical (unpaired) electrons. The van der Waals surface area contributed by atoms with Gasteiger partial charge in [0, 0.05) is 19.6 Å². The highest BCUT2D eigenvalue weighted by Crippen LogP contribution is 2.43. The van der Waals surface area contributed by atoms with E-state index in [2.05, 4.69) is 160 Å². The molecule has 0 aromatic rings. The molecule has 0 spiro atoms. The number of phosphoric acid groups is 1. The first-order chi connectivity index (χ1) is 31.4. The standard InChI is InChI=1S/C55H88NO7P/c1-3-5-7-9-11-13-15-17-19-21-23-25-26-27-29-31-33-35-37-39-41-43-45-47-50-60-52-54(53-62-64(58,59)61-51-49-56)63-55(57)48-46-44-42-40-38-36-34-32-30-28-24-22-20-18-16-14-12-10-8-6-4-2/h5-8,11-14,17-20,23-25,27-29,32-35,39,41,54H,3-4,9-10,15-16,21-22,26,30-31,36-38,40,42-53,56H2,1-2H3,(H,58,59)/b7-5-,8-6-,13-11-,14-12-,19-17-,20-18-,25-23-,28-24-,29-27-,34-32-,35-33-,41-39-. The van der Waals surface area contributed by atoms with Crippen LogP contribution in [0.1, 0.15) is 155 Å². The molecule has 0 aliphatic heterocycles. The zero-order valence-corrected chi connectivity index (χ0v) is 40.8. The molecule has 0 heterocycles. The smallest absolute Gasteiger partial charge is 0.457 e. The van der Waals surface area contributed by atoms with Gasteiger partial charge in [-0.2, -0.15) is 0 Å². The Morgan fingerprint density at radius 2 is 0.828 bits per heavy atom. The molecular formula is C55H88NO7P. The van der Waals surface area contributed by atoms with Gasteiger partial charge in [0.15, 0.2) is 0 Å². The Morgan fingerprint density at radius 1 is 0.469 bits per heavy atom. The van der Waals surface area contributed by atoms with Crippen molar-refractivity contribution in [3.63, 3.8) is 0 Å². The predicted octanol–water partition coefficient (Wildman–Crippen LogP) is 15.3. The molecule has 0 saturated carbocycles. The number of rotatable bonds is 44. The lowest BCUT2D eigenvalue weighted by Crippen LogP contribution is -2.28. The molecule has 8 nitrogen and oxygen atoms in total. The number of phosphoric ester groups is 1. The van der Waals surface area contributed by atoms with Crippen molar-refractivity contribution in [2.24, 2.45) is 5.73 Å². The molecule has 9 heteroatoms. The predicted molar refractivity (Wildman–Crippen MR) is 274 cm³/mol. The van der Waals surface area contributed by atoms with E-state index in [1.54, 1.807) is 0 Å². The molecule has 0 saturated heterocycles. The van der Waals surface area contributed by atoms with E-state index < -0.39 is 13.9 Å². The van der Waals surface area contributed by atoms with Crippen molar-refractivity contribution >= 4 is 13.8 Å². The van der Waals surface area contributed by atoms with Crippen LogP contribution in [0.2, 0.25) is 0 Å². The van der Waals surface area contributed by atoms with E-state index in [1.807, 2.05) is 0 Å². The highest BCUT2D eigenvalue weighted by molar-refractivity contribution is 7.47. The number of hydrogen-bond donors (Lipinski definition) is 2. The molecule has 0 aliphatic carbocycles. The molecule has 0 aromatic heterocycles. The second-order valence-corrected chi connectivity index (χ2v) is 16.7. The van der Waals surface area contributed by atoms with E-state index in [1.165, 1.54) is 0 Å². The van der Waals surface area contributed by atoms with E-state index in [0.29, 0.717) is 6.61 Å². The highest BCUT2D eigenvalue weighted by Gasteiger charge is 2.25. The van der Waals surface area contributed by atoms with Gasteiger partial charge in [-0.15, -0.1) is 0 Å². The fourth-order valence-corrected chi connectivity index (χ4v) is 6.53. The first kappa shape index (κ1) is 60.4. The lowest BCUT2D eigenvalue weighted by Gasteiger charge is -2.20. The molecule has 0 amide bonds. The molecule has 0 aromatic carbocycles. The van der Waals surface area contributed by atoms with Gasteiger partial charge in [0.1, 0.15) is 6.10 Å². The van der Waals surface area contributed by atoms with Crippen molar-refractivity contribution in [2.45, 2.75) is 161 Å². The summed E-state index contributed by atoms with van der Waals surface area (Å²) >= 11 is 0. The van der Waals surface area contributed by atoms with E-state index in [9.17, 15) is 14.3 Å². The highest BCUT2D eigenvalue weighted by atomic mass is 31.2. The van der Waals surface area contributed by atoms with Crippen LogP contribution in [0.25, 0.3) is 0 Å². The molecule has 64 heavy (non-hydrogen) atoms. The van der Waals surface area contributed by atoms with Crippen LogP contribution < -0.4 is 5.73 Å². The van der Waals surface area contributed by atoms with E-state index >= 15 is 0 Å². The molecule has 3 N–H and O–H groups in total. The number of ether oxygens (including phenoxy) is 2. The van der Waals surface area contributed by atoms with Gasteiger partial charge in [0.25, 0.3) is 0 Å². The Balaban J connectivity index is 4.17. The summed E-state index contributed by atoms with van der Waals surface area (Å²) in [6.45, 7) is 4.50. The fourth-order valence-electron chi connectivity index (χ4n) is 5.77. The summed E-state index contributed by atoms with van der Waals surface area (Å²) in [6.07, 6.45) is 73.1. The van der Waals surface area contributed by atoms with Crippen molar-refractivity contribution in [2.75, 3.05) is 33.0 Å². The maximum Gasteiger partial charge on any atom is 0.472 e. The maximum absolute atomic E-state index is 12.6. The number of unbranched alkanes of at least 4 members (excludes halogenated alkanes) is 7. The van der Waals surface area contributed by atoms with Gasteiger partial charge in [0.2, 0.25) is 0 Å². The van der Waals surface area contributed by atoms with E-state index in [4.69, 9.17) is 24.3 Å². The van der Waals surface area contributed by atoms with Crippen molar-refractivity contribution in [3.8, 4) is 0 Å². The summed E-state index contributed by atoms with van der Waals surface area (Å²) in [7, 11) is -4.31. The van der Waals surface area contributed by atoms with Crippen LogP contribution in [0.5, 0.6) is 0 Å². The van der Waals surface area contributed by atoms with Crippen LogP contribution in [0.15, 0.2) is 146 Å². The minimum Gasteiger partial charge on any atom is -0.457 e. The molecule has 360 valence electrons. The summed E-state index contributed by atoms with van der Waals surface area (Å²) < 4.78 is 33.5. The Kier molecular flexibility index (Phi) is 47.5.